The number of thiazole rings is 1. The highest BCUT2D eigenvalue weighted by molar-refractivity contribution is 7.09. The van der Waals surface area contributed by atoms with Crippen molar-refractivity contribution in [2.24, 2.45) is 0 Å². The summed E-state index contributed by atoms with van der Waals surface area (Å²) in [7, 11) is 0. The molecule has 1 aromatic carbocycles. The second kappa shape index (κ2) is 6.62. The Balaban J connectivity index is 1.61. The minimum Gasteiger partial charge on any atom is -0.329 e. The zero-order chi connectivity index (χ0) is 16.2. The number of benzene rings is 1. The lowest BCUT2D eigenvalue weighted by molar-refractivity contribution is 0.249. The fraction of sp³-hybridized carbons (Fsp3) is 0.188. The molecule has 0 bridgehead atoms. The van der Waals surface area contributed by atoms with E-state index in [-0.39, 0.29) is 12.1 Å². The van der Waals surface area contributed by atoms with Gasteiger partial charge in [-0.2, -0.15) is 5.10 Å². The van der Waals surface area contributed by atoms with Crippen molar-refractivity contribution in [3.05, 3.63) is 58.8 Å². The van der Waals surface area contributed by atoms with Crippen molar-refractivity contribution in [3.8, 4) is 5.69 Å². The molecule has 2 aromatic heterocycles. The largest absolute Gasteiger partial charge is 0.329 e. The minimum atomic E-state index is -0.280. The molecule has 2 heterocycles. The average molecular weight is 327 g/mol. The van der Waals surface area contributed by atoms with Crippen LogP contribution in [0.5, 0.6) is 0 Å². The molecule has 0 unspecified atom stereocenters. The molecular formula is C16H17N5OS. The maximum absolute atomic E-state index is 12.1. The smallest absolute Gasteiger partial charge is 0.319 e. The second-order valence-electron chi connectivity index (χ2n) is 5.16. The van der Waals surface area contributed by atoms with Gasteiger partial charge in [-0.15, -0.1) is 11.3 Å². The van der Waals surface area contributed by atoms with Gasteiger partial charge in [0.1, 0.15) is 5.01 Å². The highest BCUT2D eigenvalue weighted by atomic mass is 32.1. The molecule has 0 spiro atoms. The molecule has 1 atom stereocenters. The van der Waals surface area contributed by atoms with E-state index < -0.39 is 0 Å². The Morgan fingerprint density at radius 2 is 2.09 bits per heavy atom. The molecule has 0 radical (unpaired) electrons. The third-order valence-corrected chi connectivity index (χ3v) is 4.36. The highest BCUT2D eigenvalue weighted by Crippen LogP contribution is 2.17. The van der Waals surface area contributed by atoms with Crippen LogP contribution in [-0.2, 0) is 0 Å². The first kappa shape index (κ1) is 15.2. The Kier molecular flexibility index (Phi) is 4.38. The maximum atomic E-state index is 12.1. The molecule has 0 saturated carbocycles. The molecule has 0 aliphatic heterocycles. The monoisotopic (exact) mass is 327 g/mol. The van der Waals surface area contributed by atoms with Gasteiger partial charge in [-0.3, -0.25) is 0 Å². The van der Waals surface area contributed by atoms with Gasteiger partial charge in [0.05, 0.1) is 29.8 Å². The molecule has 6 nitrogen and oxygen atoms in total. The maximum Gasteiger partial charge on any atom is 0.319 e. The number of nitrogens with one attached hydrogen (secondary N) is 2. The Bertz CT molecular complexity index is 796. The lowest BCUT2D eigenvalue weighted by Crippen LogP contribution is -2.31. The Morgan fingerprint density at radius 3 is 2.78 bits per heavy atom. The van der Waals surface area contributed by atoms with Crippen molar-refractivity contribution in [1.29, 1.82) is 0 Å². The summed E-state index contributed by atoms with van der Waals surface area (Å²) in [6.45, 7) is 3.84. The molecule has 23 heavy (non-hydrogen) atoms. The van der Waals surface area contributed by atoms with E-state index in [0.29, 0.717) is 5.69 Å². The van der Waals surface area contributed by atoms with Crippen molar-refractivity contribution >= 4 is 23.1 Å². The van der Waals surface area contributed by atoms with Crippen LogP contribution >= 0.6 is 11.3 Å². The topological polar surface area (TPSA) is 71.8 Å². The van der Waals surface area contributed by atoms with E-state index in [4.69, 9.17) is 0 Å². The highest BCUT2D eigenvalue weighted by Gasteiger charge is 2.13. The van der Waals surface area contributed by atoms with Crippen molar-refractivity contribution in [3.63, 3.8) is 0 Å². The summed E-state index contributed by atoms with van der Waals surface area (Å²) < 4.78 is 1.71. The SMILES string of the molecule is Cc1csc([C@@H](C)NC(=O)Nc2cnn(-c3ccccc3)c2)n1. The van der Waals surface area contributed by atoms with Crippen LogP contribution in [0.3, 0.4) is 0 Å². The number of hydrogen-bond acceptors (Lipinski definition) is 4. The van der Waals surface area contributed by atoms with E-state index in [1.807, 2.05) is 49.6 Å². The molecule has 2 amide bonds. The number of amides is 2. The molecule has 0 fully saturated rings. The van der Waals surface area contributed by atoms with Gasteiger partial charge < -0.3 is 10.6 Å². The van der Waals surface area contributed by atoms with E-state index >= 15 is 0 Å². The summed E-state index contributed by atoms with van der Waals surface area (Å²) in [5.74, 6) is 0. The molecule has 118 valence electrons. The van der Waals surface area contributed by atoms with Gasteiger partial charge in [-0.25, -0.2) is 14.5 Å². The summed E-state index contributed by atoms with van der Waals surface area (Å²) in [5, 5.41) is 12.7. The van der Waals surface area contributed by atoms with Crippen LogP contribution in [0.2, 0.25) is 0 Å². The van der Waals surface area contributed by atoms with E-state index in [2.05, 4.69) is 20.7 Å². The molecule has 0 aliphatic rings. The molecule has 3 rings (SSSR count). The molecular weight excluding hydrogens is 310 g/mol. The van der Waals surface area contributed by atoms with Crippen molar-refractivity contribution in [2.75, 3.05) is 5.32 Å². The average Bonchev–Trinajstić information content (AvgIpc) is 3.17. The van der Waals surface area contributed by atoms with Crippen LogP contribution in [0.15, 0.2) is 48.1 Å². The Morgan fingerprint density at radius 1 is 1.30 bits per heavy atom. The molecule has 0 aliphatic carbocycles. The summed E-state index contributed by atoms with van der Waals surface area (Å²) in [6, 6.07) is 9.30. The predicted octanol–water partition coefficient (Wildman–Crippen LogP) is 3.52. The van der Waals surface area contributed by atoms with Crippen molar-refractivity contribution < 1.29 is 4.79 Å². The van der Waals surface area contributed by atoms with Crippen LogP contribution < -0.4 is 10.6 Å². The molecule has 0 saturated heterocycles. The molecule has 7 heteroatoms. The van der Waals surface area contributed by atoms with Crippen LogP contribution in [0.25, 0.3) is 5.69 Å². The number of rotatable bonds is 4. The number of hydrogen-bond donors (Lipinski definition) is 2. The zero-order valence-corrected chi connectivity index (χ0v) is 13.7. The van der Waals surface area contributed by atoms with E-state index in [1.165, 1.54) is 11.3 Å². The number of para-hydroxylation sites is 1. The van der Waals surface area contributed by atoms with Crippen LogP contribution in [0.1, 0.15) is 23.7 Å². The first-order chi connectivity index (χ1) is 11.1. The van der Waals surface area contributed by atoms with Crippen LogP contribution in [0.4, 0.5) is 10.5 Å². The van der Waals surface area contributed by atoms with Crippen LogP contribution in [0, 0.1) is 6.92 Å². The fourth-order valence-corrected chi connectivity index (χ4v) is 2.91. The van der Waals surface area contributed by atoms with E-state index in [9.17, 15) is 4.79 Å². The predicted molar refractivity (Wildman–Crippen MR) is 91.0 cm³/mol. The quantitative estimate of drug-likeness (QED) is 0.770. The lowest BCUT2D eigenvalue weighted by Gasteiger charge is -2.11. The van der Waals surface area contributed by atoms with Gasteiger partial charge in [0.15, 0.2) is 0 Å². The molecule has 2 N–H and O–H groups in total. The fourth-order valence-electron chi connectivity index (χ4n) is 2.11. The third kappa shape index (κ3) is 3.75. The van der Waals surface area contributed by atoms with Crippen molar-refractivity contribution in [1.82, 2.24) is 20.1 Å². The number of anilines is 1. The van der Waals surface area contributed by atoms with Gasteiger partial charge in [0.2, 0.25) is 0 Å². The number of carbonyl (C=O) groups excluding carboxylic acids is 1. The first-order valence-corrected chi connectivity index (χ1v) is 8.09. The van der Waals surface area contributed by atoms with Gasteiger partial charge >= 0.3 is 6.03 Å². The Hall–Kier alpha value is -2.67. The van der Waals surface area contributed by atoms with E-state index in [0.717, 1.165) is 16.4 Å². The number of aromatic nitrogens is 3. The van der Waals surface area contributed by atoms with Crippen LogP contribution in [-0.4, -0.2) is 20.8 Å². The standard InChI is InChI=1S/C16H17N5OS/c1-11-10-23-15(18-11)12(2)19-16(22)20-13-8-17-21(9-13)14-6-4-3-5-7-14/h3-10,12H,1-2H3,(H2,19,20,22)/t12-/m1/s1. The lowest BCUT2D eigenvalue weighted by atomic mass is 10.3. The van der Waals surface area contributed by atoms with Gasteiger partial charge in [0.25, 0.3) is 0 Å². The Labute approximate surface area is 138 Å². The number of carbonyl (C=O) groups is 1. The van der Waals surface area contributed by atoms with E-state index in [1.54, 1.807) is 17.1 Å². The summed E-state index contributed by atoms with van der Waals surface area (Å²) in [4.78, 5) is 16.4. The second-order valence-corrected chi connectivity index (χ2v) is 6.05. The summed E-state index contributed by atoms with van der Waals surface area (Å²) >= 11 is 1.54. The number of urea groups is 1. The summed E-state index contributed by atoms with van der Waals surface area (Å²) in [6.07, 6.45) is 3.39. The third-order valence-electron chi connectivity index (χ3n) is 3.22. The zero-order valence-electron chi connectivity index (χ0n) is 12.9. The van der Waals surface area contributed by atoms with Gasteiger partial charge in [-0.05, 0) is 26.0 Å². The number of nitrogens with zero attached hydrogens (tertiary/aromatic N) is 3. The summed E-state index contributed by atoms with van der Waals surface area (Å²) in [5.41, 5.74) is 2.53. The minimum absolute atomic E-state index is 0.141. The number of aryl methyl sites for hydroxylation is 1. The van der Waals surface area contributed by atoms with Gasteiger partial charge in [-0.1, -0.05) is 18.2 Å². The first-order valence-electron chi connectivity index (χ1n) is 7.21. The molecule has 3 aromatic rings. The van der Waals surface area contributed by atoms with Gasteiger partial charge in [0, 0.05) is 11.1 Å². The van der Waals surface area contributed by atoms with Crippen molar-refractivity contribution in [2.45, 2.75) is 19.9 Å². The normalized spacial score (nSPS) is 11.9.